The van der Waals surface area contributed by atoms with Gasteiger partial charge in [-0.3, -0.25) is 9.59 Å². The van der Waals surface area contributed by atoms with E-state index in [9.17, 15) is 14.7 Å². The number of aliphatic hydroxyl groups is 1. The molecule has 9 atom stereocenters. The van der Waals surface area contributed by atoms with Crippen LogP contribution in [0.5, 0.6) is 0 Å². The van der Waals surface area contributed by atoms with E-state index < -0.39 is 17.1 Å². The van der Waals surface area contributed by atoms with Crippen molar-refractivity contribution in [2.75, 3.05) is 12.0 Å². The van der Waals surface area contributed by atoms with E-state index in [-0.39, 0.29) is 47.1 Å². The first-order valence-electron chi connectivity index (χ1n) is 15.1. The molecule has 5 aliphatic carbocycles. The number of Topliss-reactive ketones (excluding diaryl/α,β-unsaturated/α-hetero) is 1. The largest absolute Gasteiger partial charge is 0.393 e. The van der Waals surface area contributed by atoms with Crippen LogP contribution in [0.4, 0.5) is 0 Å². The fourth-order valence-electron chi connectivity index (χ4n) is 10.3. The Kier molecular flexibility index (Phi) is 7.06. The van der Waals surface area contributed by atoms with Crippen molar-refractivity contribution in [3.63, 3.8) is 0 Å². The second-order valence-electron chi connectivity index (χ2n) is 13.7. The van der Waals surface area contributed by atoms with E-state index in [1.165, 1.54) is 31.3 Å². The minimum absolute atomic E-state index is 0.0685. The van der Waals surface area contributed by atoms with Gasteiger partial charge in [0.05, 0.1) is 18.0 Å². The molecule has 0 aromatic rings. The lowest BCUT2D eigenvalue weighted by molar-refractivity contribution is -0.208. The first-order chi connectivity index (χ1) is 18.2. The van der Waals surface area contributed by atoms with E-state index in [0.29, 0.717) is 18.1 Å². The molecule has 0 amide bonds. The van der Waals surface area contributed by atoms with Crippen molar-refractivity contribution in [2.24, 2.45) is 34.5 Å². The first kappa shape index (κ1) is 27.2. The summed E-state index contributed by atoms with van der Waals surface area (Å²) in [4.78, 5) is 26.8. The number of aliphatic hydroxyl groups excluding tert-OH is 1. The van der Waals surface area contributed by atoms with Crippen molar-refractivity contribution >= 4 is 23.3 Å². The molecule has 1 heterocycles. The van der Waals surface area contributed by atoms with Crippen molar-refractivity contribution in [3.05, 3.63) is 23.3 Å². The van der Waals surface area contributed by atoms with Crippen molar-refractivity contribution < 1.29 is 24.2 Å². The molecule has 4 saturated carbocycles. The second-order valence-corrected chi connectivity index (χ2v) is 14.6. The lowest BCUT2D eigenvalue weighted by atomic mass is 9.46. The number of rotatable bonds is 4. The quantitative estimate of drug-likeness (QED) is 0.437. The van der Waals surface area contributed by atoms with Gasteiger partial charge in [-0.15, -0.1) is 0 Å². The van der Waals surface area contributed by atoms with E-state index >= 15 is 0 Å². The number of carbonyl (C=O) groups is 2. The van der Waals surface area contributed by atoms with E-state index in [0.717, 1.165) is 44.1 Å². The summed E-state index contributed by atoms with van der Waals surface area (Å²) < 4.78 is 13.8. The normalized spacial score (nSPS) is 47.1. The standard InChI is InChI=1S/C32H46O5S/c1-19-22-14-13-21-23-16-27-32(26(35)18-38-4,37-29(36-27)20-10-7-5-6-8-11-20)31(23,3)17-25(34)28(21)30(22,2)15-9-12-24(19)33/h9,12,20-21,23,25,27-29,34H,5-8,10-11,13-18H2,1-4H3/t21?,23-,25?,27+,28?,29+,30?,31?,32+/m0/s1. The van der Waals surface area contributed by atoms with Crippen LogP contribution in [0, 0.1) is 34.5 Å². The summed E-state index contributed by atoms with van der Waals surface area (Å²) in [5, 5.41) is 12.0. The average Bonchev–Trinajstić information content (AvgIpc) is 3.16. The fourth-order valence-corrected chi connectivity index (χ4v) is 10.8. The molecule has 0 aromatic heterocycles. The third-order valence-corrected chi connectivity index (χ3v) is 12.5. The molecule has 5 nitrogen and oxygen atoms in total. The number of thioether (sulfide) groups is 1. The van der Waals surface area contributed by atoms with Gasteiger partial charge in [-0.25, -0.2) is 0 Å². The van der Waals surface area contributed by atoms with Gasteiger partial charge in [0.1, 0.15) is 0 Å². The number of ketones is 2. The number of hydrogen-bond donors (Lipinski definition) is 1. The van der Waals surface area contributed by atoms with Crippen LogP contribution in [0.2, 0.25) is 0 Å². The Bertz CT molecular complexity index is 1040. The predicted octanol–water partition coefficient (Wildman–Crippen LogP) is 6.04. The van der Waals surface area contributed by atoms with Gasteiger partial charge in [-0.2, -0.15) is 11.8 Å². The highest BCUT2D eigenvalue weighted by Gasteiger charge is 2.76. The molecule has 5 fully saturated rings. The fraction of sp³-hybridized carbons (Fsp3) is 0.812. The maximum absolute atomic E-state index is 14.1. The van der Waals surface area contributed by atoms with Crippen molar-refractivity contribution in [1.82, 2.24) is 0 Å². The zero-order valence-corrected chi connectivity index (χ0v) is 24.5. The molecule has 0 radical (unpaired) electrons. The molecular formula is C32H46O5S. The van der Waals surface area contributed by atoms with Crippen LogP contribution in [0.3, 0.4) is 0 Å². The van der Waals surface area contributed by atoms with Gasteiger partial charge in [-0.05, 0) is 92.9 Å². The molecule has 1 aliphatic heterocycles. The van der Waals surface area contributed by atoms with Gasteiger partial charge >= 0.3 is 0 Å². The number of ether oxygens (including phenoxy) is 2. The summed E-state index contributed by atoms with van der Waals surface area (Å²) in [7, 11) is 0. The maximum Gasteiger partial charge on any atom is 0.181 e. The maximum atomic E-state index is 14.1. The Balaban J connectivity index is 1.37. The van der Waals surface area contributed by atoms with E-state index in [2.05, 4.69) is 13.8 Å². The van der Waals surface area contributed by atoms with Gasteiger partial charge in [0, 0.05) is 11.3 Å². The molecule has 210 valence electrons. The third-order valence-electron chi connectivity index (χ3n) is 12.0. The van der Waals surface area contributed by atoms with Crippen LogP contribution in [-0.2, 0) is 19.1 Å². The SMILES string of the molecule is CSCC(=O)[C@@]12O[C@H](C3CCCCCC3)O[C@@H]1C[C@H]1C3CCC4=C(C)C(=O)C=CCC4(C)C3C(O)CC12C. The molecule has 6 aliphatic rings. The molecular weight excluding hydrogens is 496 g/mol. The van der Waals surface area contributed by atoms with Gasteiger partial charge in [-0.1, -0.05) is 51.2 Å². The summed E-state index contributed by atoms with van der Waals surface area (Å²) >= 11 is 1.57. The Morgan fingerprint density at radius 2 is 1.89 bits per heavy atom. The van der Waals surface area contributed by atoms with E-state index in [4.69, 9.17) is 9.47 Å². The Morgan fingerprint density at radius 3 is 2.61 bits per heavy atom. The van der Waals surface area contributed by atoms with Gasteiger partial charge in [0.25, 0.3) is 0 Å². The topological polar surface area (TPSA) is 72.8 Å². The Hall–Kier alpha value is -0.950. The average molecular weight is 543 g/mol. The third kappa shape index (κ3) is 3.75. The molecule has 6 heteroatoms. The van der Waals surface area contributed by atoms with E-state index in [1.54, 1.807) is 17.8 Å². The summed E-state index contributed by atoms with van der Waals surface area (Å²) in [6.45, 7) is 6.48. The highest BCUT2D eigenvalue weighted by Crippen LogP contribution is 2.70. The van der Waals surface area contributed by atoms with E-state index in [1.807, 2.05) is 19.3 Å². The van der Waals surface area contributed by atoms with Crippen molar-refractivity contribution in [2.45, 2.75) is 115 Å². The molecule has 1 saturated heterocycles. The minimum Gasteiger partial charge on any atom is -0.393 e. The number of fused-ring (bicyclic) bond motifs is 7. The van der Waals surface area contributed by atoms with Crippen LogP contribution in [0.1, 0.15) is 91.4 Å². The van der Waals surface area contributed by atoms with Crippen molar-refractivity contribution in [1.29, 1.82) is 0 Å². The zero-order chi connectivity index (χ0) is 26.9. The zero-order valence-electron chi connectivity index (χ0n) is 23.7. The molecule has 0 bridgehead atoms. The first-order valence-corrected chi connectivity index (χ1v) is 16.5. The monoisotopic (exact) mass is 542 g/mol. The lowest BCUT2D eigenvalue weighted by Crippen LogP contribution is -2.63. The summed E-state index contributed by atoms with van der Waals surface area (Å²) in [5.74, 6) is 1.64. The Labute approximate surface area is 232 Å². The van der Waals surface area contributed by atoms with Crippen LogP contribution < -0.4 is 0 Å². The van der Waals surface area contributed by atoms with Crippen molar-refractivity contribution in [3.8, 4) is 0 Å². The van der Waals surface area contributed by atoms with Gasteiger partial charge in [0.15, 0.2) is 23.5 Å². The Morgan fingerprint density at radius 1 is 1.16 bits per heavy atom. The summed E-state index contributed by atoms with van der Waals surface area (Å²) in [6, 6.07) is 0. The summed E-state index contributed by atoms with van der Waals surface area (Å²) in [5.41, 5.74) is 0.426. The smallest absolute Gasteiger partial charge is 0.181 e. The minimum atomic E-state index is -0.976. The van der Waals surface area contributed by atoms with Gasteiger partial charge in [0.2, 0.25) is 0 Å². The molecule has 6 rings (SSSR count). The van der Waals surface area contributed by atoms with Gasteiger partial charge < -0.3 is 14.6 Å². The molecule has 38 heavy (non-hydrogen) atoms. The molecule has 0 aromatic carbocycles. The molecule has 0 spiro atoms. The van der Waals surface area contributed by atoms with Crippen LogP contribution in [-0.4, -0.2) is 52.8 Å². The summed E-state index contributed by atoms with van der Waals surface area (Å²) in [6.07, 6.45) is 15.8. The van der Waals surface area contributed by atoms with Crippen LogP contribution in [0.25, 0.3) is 0 Å². The highest BCUT2D eigenvalue weighted by molar-refractivity contribution is 7.99. The second kappa shape index (κ2) is 9.85. The molecule has 1 N–H and O–H groups in total. The molecule has 5 unspecified atom stereocenters. The van der Waals surface area contributed by atoms with Crippen LogP contribution in [0.15, 0.2) is 23.3 Å². The number of allylic oxidation sites excluding steroid dienone is 4. The van der Waals surface area contributed by atoms with Crippen LogP contribution >= 0.6 is 11.8 Å². The highest BCUT2D eigenvalue weighted by atomic mass is 32.2. The predicted molar refractivity (Wildman–Crippen MR) is 150 cm³/mol. The number of hydrogen-bond acceptors (Lipinski definition) is 6. The number of carbonyl (C=O) groups excluding carboxylic acids is 2. The lowest BCUT2D eigenvalue weighted by Gasteiger charge is -2.60.